The largest absolute Gasteiger partial charge is 0.497 e. The molecule has 0 radical (unpaired) electrons. The minimum Gasteiger partial charge on any atom is -0.497 e. The Bertz CT molecular complexity index is 569. The first-order valence-corrected chi connectivity index (χ1v) is 7.54. The fourth-order valence-electron chi connectivity index (χ4n) is 2.01. The number of ether oxygens (including phenoxy) is 2. The van der Waals surface area contributed by atoms with Crippen molar-refractivity contribution in [3.63, 3.8) is 0 Å². The number of methoxy groups -OCH3 is 2. The Hall–Kier alpha value is -1.19. The van der Waals surface area contributed by atoms with Crippen molar-refractivity contribution in [2.45, 2.75) is 11.2 Å². The molecule has 0 aromatic heterocycles. The number of hydrogen-bond acceptors (Lipinski definition) is 2. The van der Waals surface area contributed by atoms with E-state index in [2.05, 4.69) is 15.9 Å². The molecule has 0 saturated heterocycles. The van der Waals surface area contributed by atoms with Gasteiger partial charge in [0.15, 0.2) is 0 Å². The Morgan fingerprint density at radius 2 is 1.75 bits per heavy atom. The molecule has 1 unspecified atom stereocenters. The molecule has 106 valence electrons. The van der Waals surface area contributed by atoms with Crippen LogP contribution in [-0.2, 0) is 6.42 Å². The minimum atomic E-state index is 0.171. The molecule has 0 saturated carbocycles. The van der Waals surface area contributed by atoms with E-state index >= 15 is 0 Å². The molecule has 0 N–H and O–H groups in total. The minimum absolute atomic E-state index is 0.171. The third-order valence-corrected chi connectivity index (χ3v) is 4.18. The van der Waals surface area contributed by atoms with Gasteiger partial charge in [0, 0.05) is 21.5 Å². The molecule has 0 aliphatic heterocycles. The Morgan fingerprint density at radius 1 is 1.05 bits per heavy atom. The summed E-state index contributed by atoms with van der Waals surface area (Å²) in [7, 11) is 3.31. The predicted molar refractivity (Wildman–Crippen MR) is 86.4 cm³/mol. The van der Waals surface area contributed by atoms with Gasteiger partial charge in [0.25, 0.3) is 0 Å². The summed E-state index contributed by atoms with van der Waals surface area (Å²) in [6, 6.07) is 13.7. The first-order valence-electron chi connectivity index (χ1n) is 6.24. The Kier molecular flexibility index (Phi) is 5.32. The van der Waals surface area contributed by atoms with Crippen molar-refractivity contribution in [2.75, 3.05) is 14.2 Å². The van der Waals surface area contributed by atoms with Gasteiger partial charge in [0.05, 0.1) is 14.2 Å². The Morgan fingerprint density at radius 3 is 2.35 bits per heavy atom. The van der Waals surface area contributed by atoms with Crippen LogP contribution in [0.2, 0.25) is 5.02 Å². The fourth-order valence-corrected chi connectivity index (χ4v) is 2.89. The summed E-state index contributed by atoms with van der Waals surface area (Å²) in [6.45, 7) is 0. The third kappa shape index (κ3) is 3.68. The van der Waals surface area contributed by atoms with Crippen molar-refractivity contribution in [1.29, 1.82) is 0 Å². The molecule has 2 rings (SSSR count). The number of halogens is 2. The number of rotatable bonds is 5. The lowest BCUT2D eigenvalue weighted by Crippen LogP contribution is -1.99. The highest BCUT2D eigenvalue weighted by atomic mass is 79.9. The number of benzene rings is 2. The van der Waals surface area contributed by atoms with E-state index in [1.165, 1.54) is 5.56 Å². The summed E-state index contributed by atoms with van der Waals surface area (Å²) in [5.41, 5.74) is 2.32. The van der Waals surface area contributed by atoms with Crippen molar-refractivity contribution in [3.8, 4) is 11.5 Å². The summed E-state index contributed by atoms with van der Waals surface area (Å²) < 4.78 is 10.6. The quantitative estimate of drug-likeness (QED) is 0.700. The van der Waals surface area contributed by atoms with Gasteiger partial charge in [-0.1, -0.05) is 45.7 Å². The topological polar surface area (TPSA) is 18.5 Å². The highest BCUT2D eigenvalue weighted by Gasteiger charge is 2.14. The average molecular weight is 356 g/mol. The van der Waals surface area contributed by atoms with Gasteiger partial charge in [0.1, 0.15) is 11.5 Å². The zero-order valence-corrected chi connectivity index (χ0v) is 13.7. The van der Waals surface area contributed by atoms with Crippen molar-refractivity contribution >= 4 is 27.5 Å². The molecule has 4 heteroatoms. The summed E-state index contributed by atoms with van der Waals surface area (Å²) in [5.74, 6) is 1.61. The maximum absolute atomic E-state index is 5.90. The van der Waals surface area contributed by atoms with E-state index in [1.807, 2.05) is 42.5 Å². The molecule has 2 nitrogen and oxygen atoms in total. The summed E-state index contributed by atoms with van der Waals surface area (Å²) in [4.78, 5) is 0.171. The summed E-state index contributed by atoms with van der Waals surface area (Å²) in [5, 5.41) is 0.752. The molecule has 0 aliphatic rings. The Balaban J connectivity index is 2.20. The molecule has 20 heavy (non-hydrogen) atoms. The molecule has 1 atom stereocenters. The average Bonchev–Trinajstić information content (AvgIpc) is 2.48. The number of alkyl halides is 1. The second-order valence-electron chi connectivity index (χ2n) is 4.41. The van der Waals surface area contributed by atoms with Gasteiger partial charge in [-0.3, -0.25) is 0 Å². The maximum atomic E-state index is 5.90. The molecule has 2 aromatic rings. The normalized spacial score (nSPS) is 12.0. The van der Waals surface area contributed by atoms with Crippen molar-refractivity contribution in [3.05, 3.63) is 58.6 Å². The monoisotopic (exact) mass is 354 g/mol. The SMILES string of the molecule is COc1ccc(C(Br)Cc2ccc(Cl)cc2)c(OC)c1. The molecular weight excluding hydrogens is 340 g/mol. The van der Waals surface area contributed by atoms with Crippen molar-refractivity contribution in [2.24, 2.45) is 0 Å². The van der Waals surface area contributed by atoms with E-state index in [-0.39, 0.29) is 4.83 Å². The summed E-state index contributed by atoms with van der Waals surface area (Å²) >= 11 is 9.63. The molecule has 0 heterocycles. The van der Waals surface area contributed by atoms with Gasteiger partial charge >= 0.3 is 0 Å². The molecule has 0 aliphatic carbocycles. The van der Waals surface area contributed by atoms with Gasteiger partial charge in [-0.05, 0) is 30.2 Å². The molecule has 2 aromatic carbocycles. The van der Waals surface area contributed by atoms with Crippen LogP contribution >= 0.6 is 27.5 Å². The molecule has 0 spiro atoms. The van der Waals surface area contributed by atoms with Crippen molar-refractivity contribution in [1.82, 2.24) is 0 Å². The van der Waals surface area contributed by atoms with Crippen LogP contribution in [0, 0.1) is 0 Å². The zero-order valence-electron chi connectivity index (χ0n) is 11.4. The predicted octanol–water partition coefficient (Wildman–Crippen LogP) is 5.04. The van der Waals surface area contributed by atoms with Crippen LogP contribution in [0.1, 0.15) is 16.0 Å². The molecule has 0 fully saturated rings. The van der Waals surface area contributed by atoms with E-state index in [0.29, 0.717) is 0 Å². The fraction of sp³-hybridized carbons (Fsp3) is 0.250. The standard InChI is InChI=1S/C16H16BrClO2/c1-19-13-7-8-14(16(10-13)20-2)15(17)9-11-3-5-12(18)6-4-11/h3-8,10,15H,9H2,1-2H3. The van der Waals surface area contributed by atoms with E-state index in [1.54, 1.807) is 14.2 Å². The molecule has 0 amide bonds. The smallest absolute Gasteiger partial charge is 0.126 e. The third-order valence-electron chi connectivity index (χ3n) is 3.11. The molecule has 0 bridgehead atoms. The Labute approximate surface area is 132 Å². The first-order chi connectivity index (χ1) is 9.63. The van der Waals surface area contributed by atoms with Crippen LogP contribution in [-0.4, -0.2) is 14.2 Å². The first kappa shape index (κ1) is 15.2. The lowest BCUT2D eigenvalue weighted by molar-refractivity contribution is 0.391. The highest BCUT2D eigenvalue weighted by molar-refractivity contribution is 9.09. The van der Waals surface area contributed by atoms with Crippen LogP contribution in [0.15, 0.2) is 42.5 Å². The van der Waals surface area contributed by atoms with Gasteiger partial charge in [-0.25, -0.2) is 0 Å². The van der Waals surface area contributed by atoms with Crippen molar-refractivity contribution < 1.29 is 9.47 Å². The second-order valence-corrected chi connectivity index (χ2v) is 5.95. The van der Waals surface area contributed by atoms with E-state index < -0.39 is 0 Å². The maximum Gasteiger partial charge on any atom is 0.126 e. The van der Waals surface area contributed by atoms with Crippen LogP contribution < -0.4 is 9.47 Å². The van der Waals surface area contributed by atoms with E-state index in [9.17, 15) is 0 Å². The summed E-state index contributed by atoms with van der Waals surface area (Å²) in [6.07, 6.45) is 0.861. The lowest BCUT2D eigenvalue weighted by atomic mass is 10.0. The highest BCUT2D eigenvalue weighted by Crippen LogP contribution is 2.36. The molecular formula is C16H16BrClO2. The van der Waals surface area contributed by atoms with Gasteiger partial charge in [-0.15, -0.1) is 0 Å². The van der Waals surface area contributed by atoms with E-state index in [4.69, 9.17) is 21.1 Å². The zero-order chi connectivity index (χ0) is 14.5. The number of hydrogen-bond donors (Lipinski definition) is 0. The van der Waals surface area contributed by atoms with Crippen LogP contribution in [0.4, 0.5) is 0 Å². The lowest BCUT2D eigenvalue weighted by Gasteiger charge is -2.15. The van der Waals surface area contributed by atoms with E-state index in [0.717, 1.165) is 28.5 Å². The van der Waals surface area contributed by atoms with Crippen LogP contribution in [0.3, 0.4) is 0 Å². The second kappa shape index (κ2) is 7.00. The van der Waals surface area contributed by atoms with Crippen LogP contribution in [0.25, 0.3) is 0 Å². The van der Waals surface area contributed by atoms with Gasteiger partial charge < -0.3 is 9.47 Å². The van der Waals surface area contributed by atoms with Crippen LogP contribution in [0.5, 0.6) is 11.5 Å². The van der Waals surface area contributed by atoms with Gasteiger partial charge in [-0.2, -0.15) is 0 Å². The van der Waals surface area contributed by atoms with Gasteiger partial charge in [0.2, 0.25) is 0 Å².